The van der Waals surface area contributed by atoms with Gasteiger partial charge in [0.2, 0.25) is 0 Å². The summed E-state index contributed by atoms with van der Waals surface area (Å²) >= 11 is 0. The first kappa shape index (κ1) is 14.6. The molecule has 0 bridgehead atoms. The van der Waals surface area contributed by atoms with Crippen molar-refractivity contribution in [1.82, 2.24) is 14.9 Å². The van der Waals surface area contributed by atoms with Crippen LogP contribution in [0.5, 0.6) is 0 Å². The van der Waals surface area contributed by atoms with Crippen LogP contribution in [0.3, 0.4) is 0 Å². The van der Waals surface area contributed by atoms with E-state index in [1.165, 1.54) is 18.3 Å². The number of hydrogen-bond acceptors (Lipinski definition) is 4. The van der Waals surface area contributed by atoms with E-state index in [1.54, 1.807) is 19.2 Å². The summed E-state index contributed by atoms with van der Waals surface area (Å²) < 4.78 is 15.6. The molecule has 1 aromatic heterocycles. The van der Waals surface area contributed by atoms with Gasteiger partial charge in [0.25, 0.3) is 0 Å². The number of imidazole rings is 1. The molecule has 1 fully saturated rings. The van der Waals surface area contributed by atoms with Gasteiger partial charge in [-0.2, -0.15) is 0 Å². The van der Waals surface area contributed by atoms with Gasteiger partial charge in [-0.15, -0.1) is 0 Å². The lowest BCUT2D eigenvalue weighted by atomic mass is 10.2. The van der Waals surface area contributed by atoms with E-state index >= 15 is 0 Å². The summed E-state index contributed by atoms with van der Waals surface area (Å²) in [5.74, 6) is 0.350. The summed E-state index contributed by atoms with van der Waals surface area (Å²) in [5, 5.41) is 18.5. The molecule has 0 spiro atoms. The molecule has 0 unspecified atom stereocenters. The van der Waals surface area contributed by atoms with Crippen molar-refractivity contribution in [1.29, 1.82) is 10.8 Å². The number of allylic oxidation sites excluding steroid dienone is 1. The van der Waals surface area contributed by atoms with Gasteiger partial charge in [-0.05, 0) is 44.2 Å². The molecule has 0 radical (unpaired) electrons. The molecular weight excluding hydrogens is 281 g/mol. The molecule has 1 aromatic carbocycles. The van der Waals surface area contributed by atoms with E-state index in [0.717, 1.165) is 23.9 Å². The summed E-state index contributed by atoms with van der Waals surface area (Å²) in [5.41, 5.74) is 2.42. The first-order valence-electron chi connectivity index (χ1n) is 7.26. The highest BCUT2D eigenvalue weighted by molar-refractivity contribution is 6.15. The molecule has 114 valence electrons. The molecule has 22 heavy (non-hydrogen) atoms. The Balaban J connectivity index is 2.14. The van der Waals surface area contributed by atoms with Crippen LogP contribution in [0.1, 0.15) is 24.7 Å². The quantitative estimate of drug-likeness (QED) is 0.717. The van der Waals surface area contributed by atoms with Gasteiger partial charge in [0.1, 0.15) is 11.6 Å². The molecule has 0 aliphatic heterocycles. The average molecular weight is 299 g/mol. The zero-order chi connectivity index (χ0) is 15.7. The van der Waals surface area contributed by atoms with Crippen molar-refractivity contribution in [3.63, 3.8) is 0 Å². The lowest BCUT2D eigenvalue weighted by Crippen LogP contribution is -2.16. The minimum Gasteiger partial charge on any atom is -0.321 e. The number of nitrogens with one attached hydrogen (secondary N) is 3. The van der Waals surface area contributed by atoms with Gasteiger partial charge in [-0.25, -0.2) is 9.37 Å². The highest BCUT2D eigenvalue weighted by Crippen LogP contribution is 2.40. The first-order valence-corrected chi connectivity index (χ1v) is 7.26. The predicted molar refractivity (Wildman–Crippen MR) is 86.4 cm³/mol. The third kappa shape index (κ3) is 2.69. The number of fused-ring (bicyclic) bond motifs is 1. The Morgan fingerprint density at radius 1 is 1.50 bits per heavy atom. The standard InChI is InChI=1S/C16H18FN5/c1-20-9-12(19)6-10(8-18)16-21-14-5-2-11(17)7-15(14)22(16)13-3-4-13/h2,5-8,13,18-20H,3-4,9H2,1H3/b10-6+,18-8?,19-12?. The predicted octanol–water partition coefficient (Wildman–Crippen LogP) is 2.78. The molecular formula is C16H18FN5. The van der Waals surface area contributed by atoms with E-state index in [1.807, 2.05) is 4.57 Å². The Morgan fingerprint density at radius 2 is 2.27 bits per heavy atom. The fourth-order valence-electron chi connectivity index (χ4n) is 2.57. The fourth-order valence-corrected chi connectivity index (χ4v) is 2.57. The van der Waals surface area contributed by atoms with Crippen molar-refractivity contribution in [3.05, 3.63) is 35.9 Å². The van der Waals surface area contributed by atoms with Crippen molar-refractivity contribution in [2.45, 2.75) is 18.9 Å². The molecule has 3 rings (SSSR count). The zero-order valence-corrected chi connectivity index (χ0v) is 12.4. The maximum atomic E-state index is 13.6. The van der Waals surface area contributed by atoms with E-state index in [9.17, 15) is 4.39 Å². The Labute approximate surface area is 127 Å². The number of nitrogens with zero attached hydrogens (tertiary/aromatic N) is 2. The normalized spacial score (nSPS) is 15.3. The molecule has 5 nitrogen and oxygen atoms in total. The first-order chi connectivity index (χ1) is 10.6. The number of rotatable bonds is 6. The molecule has 1 heterocycles. The van der Waals surface area contributed by atoms with Gasteiger partial charge >= 0.3 is 0 Å². The third-order valence-corrected chi connectivity index (χ3v) is 3.67. The molecule has 0 atom stereocenters. The van der Waals surface area contributed by atoms with Crippen molar-refractivity contribution >= 4 is 28.5 Å². The SMILES string of the molecule is CNCC(=N)/C=C(\C=N)c1nc2ccc(F)cc2n1C1CC1. The average Bonchev–Trinajstić information content (AvgIpc) is 3.26. The minimum atomic E-state index is -0.288. The van der Waals surface area contributed by atoms with Crippen LogP contribution in [0.15, 0.2) is 24.3 Å². The van der Waals surface area contributed by atoms with E-state index < -0.39 is 0 Å². The molecule has 3 N–H and O–H groups in total. The smallest absolute Gasteiger partial charge is 0.142 e. The van der Waals surface area contributed by atoms with E-state index in [0.29, 0.717) is 29.7 Å². The van der Waals surface area contributed by atoms with Gasteiger partial charge in [-0.1, -0.05) is 0 Å². The topological polar surface area (TPSA) is 77.6 Å². The van der Waals surface area contributed by atoms with Crippen LogP contribution in [0, 0.1) is 16.6 Å². The molecule has 1 aliphatic rings. The Bertz CT molecular complexity index is 770. The van der Waals surface area contributed by atoms with Gasteiger partial charge in [0.15, 0.2) is 0 Å². The lowest BCUT2D eigenvalue weighted by Gasteiger charge is -2.08. The summed E-state index contributed by atoms with van der Waals surface area (Å²) in [4.78, 5) is 4.56. The highest BCUT2D eigenvalue weighted by atomic mass is 19.1. The monoisotopic (exact) mass is 299 g/mol. The Morgan fingerprint density at radius 3 is 2.91 bits per heavy atom. The van der Waals surface area contributed by atoms with Crippen molar-refractivity contribution < 1.29 is 4.39 Å². The van der Waals surface area contributed by atoms with Gasteiger partial charge < -0.3 is 20.7 Å². The Kier molecular flexibility index (Phi) is 3.85. The number of halogens is 1. The lowest BCUT2D eigenvalue weighted by molar-refractivity contribution is 0.628. The van der Waals surface area contributed by atoms with E-state index in [2.05, 4.69) is 10.3 Å². The maximum Gasteiger partial charge on any atom is 0.142 e. The summed E-state index contributed by atoms with van der Waals surface area (Å²) in [6.07, 6.45) is 4.92. The molecule has 1 aliphatic carbocycles. The van der Waals surface area contributed by atoms with Crippen molar-refractivity contribution in [2.24, 2.45) is 0 Å². The van der Waals surface area contributed by atoms with Crippen LogP contribution < -0.4 is 5.32 Å². The van der Waals surface area contributed by atoms with E-state index in [-0.39, 0.29) is 5.82 Å². The van der Waals surface area contributed by atoms with Crippen molar-refractivity contribution in [3.8, 4) is 0 Å². The summed E-state index contributed by atoms with van der Waals surface area (Å²) in [6.45, 7) is 0.426. The fraction of sp³-hybridized carbons (Fsp3) is 0.312. The third-order valence-electron chi connectivity index (χ3n) is 3.67. The zero-order valence-electron chi connectivity index (χ0n) is 12.4. The number of hydrogen-bond donors (Lipinski definition) is 3. The minimum absolute atomic E-state index is 0.288. The summed E-state index contributed by atoms with van der Waals surface area (Å²) in [6, 6.07) is 4.86. The van der Waals surface area contributed by atoms with Crippen LogP contribution in [-0.4, -0.2) is 35.1 Å². The van der Waals surface area contributed by atoms with E-state index in [4.69, 9.17) is 10.8 Å². The van der Waals surface area contributed by atoms with Crippen molar-refractivity contribution in [2.75, 3.05) is 13.6 Å². The number of aromatic nitrogens is 2. The van der Waals surface area contributed by atoms with Gasteiger partial charge in [0, 0.05) is 30.1 Å². The number of benzene rings is 1. The molecule has 0 saturated heterocycles. The van der Waals surface area contributed by atoms with Gasteiger partial charge in [-0.3, -0.25) is 0 Å². The van der Waals surface area contributed by atoms with Crippen LogP contribution in [0.4, 0.5) is 4.39 Å². The second-order valence-electron chi connectivity index (χ2n) is 5.47. The second-order valence-corrected chi connectivity index (χ2v) is 5.47. The van der Waals surface area contributed by atoms with Gasteiger partial charge in [0.05, 0.1) is 11.0 Å². The molecule has 1 saturated carbocycles. The van der Waals surface area contributed by atoms with Crippen LogP contribution >= 0.6 is 0 Å². The highest BCUT2D eigenvalue weighted by Gasteiger charge is 2.29. The Hall–Kier alpha value is -2.34. The molecule has 2 aromatic rings. The van der Waals surface area contributed by atoms with Crippen LogP contribution in [0.25, 0.3) is 16.6 Å². The molecule has 6 heteroatoms. The van der Waals surface area contributed by atoms with Crippen LogP contribution in [-0.2, 0) is 0 Å². The van der Waals surface area contributed by atoms with Crippen LogP contribution in [0.2, 0.25) is 0 Å². The summed E-state index contributed by atoms with van der Waals surface area (Å²) in [7, 11) is 1.77. The largest absolute Gasteiger partial charge is 0.321 e. The molecule has 0 amide bonds. The maximum absolute atomic E-state index is 13.6. The second kappa shape index (κ2) is 5.81.